The zero-order valence-corrected chi connectivity index (χ0v) is 10.4. The fourth-order valence-electron chi connectivity index (χ4n) is 1.63. The molecule has 0 aliphatic carbocycles. The molecule has 18 heavy (non-hydrogen) atoms. The molecule has 1 heterocycles. The molecule has 0 amide bonds. The lowest BCUT2D eigenvalue weighted by molar-refractivity contribution is 0.299. The molecular weight excluding hydrogens is 231 g/mol. The molecule has 3 nitrogen and oxygen atoms in total. The SMILES string of the molecule is CNc1cccc(COc2ccc(F)cc2C)n1. The van der Waals surface area contributed by atoms with Crippen molar-refractivity contribution in [3.05, 3.63) is 53.5 Å². The van der Waals surface area contributed by atoms with Gasteiger partial charge in [-0.05, 0) is 42.8 Å². The van der Waals surface area contributed by atoms with Crippen molar-refractivity contribution in [3.63, 3.8) is 0 Å². The molecule has 0 fully saturated rings. The Bertz CT molecular complexity index is 543. The van der Waals surface area contributed by atoms with Gasteiger partial charge in [-0.15, -0.1) is 0 Å². The molecular formula is C14H15FN2O. The van der Waals surface area contributed by atoms with E-state index >= 15 is 0 Å². The molecule has 1 N–H and O–H groups in total. The zero-order valence-electron chi connectivity index (χ0n) is 10.4. The van der Waals surface area contributed by atoms with Crippen LogP contribution in [0.5, 0.6) is 5.75 Å². The molecule has 2 aromatic rings. The topological polar surface area (TPSA) is 34.1 Å². The average Bonchev–Trinajstić information content (AvgIpc) is 2.38. The van der Waals surface area contributed by atoms with E-state index in [1.165, 1.54) is 12.1 Å². The maximum atomic E-state index is 12.9. The molecule has 94 valence electrons. The maximum Gasteiger partial charge on any atom is 0.130 e. The van der Waals surface area contributed by atoms with Crippen LogP contribution in [0.4, 0.5) is 10.2 Å². The third-order valence-electron chi connectivity index (χ3n) is 2.58. The Morgan fingerprint density at radius 1 is 1.28 bits per heavy atom. The highest BCUT2D eigenvalue weighted by atomic mass is 19.1. The van der Waals surface area contributed by atoms with Crippen molar-refractivity contribution in [3.8, 4) is 5.75 Å². The molecule has 4 heteroatoms. The molecule has 0 radical (unpaired) electrons. The van der Waals surface area contributed by atoms with Crippen molar-refractivity contribution in [2.75, 3.05) is 12.4 Å². The fraction of sp³-hybridized carbons (Fsp3) is 0.214. The van der Waals surface area contributed by atoms with Crippen LogP contribution in [0.25, 0.3) is 0 Å². The molecule has 1 aromatic heterocycles. The van der Waals surface area contributed by atoms with Gasteiger partial charge in [0.2, 0.25) is 0 Å². The molecule has 2 rings (SSSR count). The Morgan fingerprint density at radius 3 is 2.83 bits per heavy atom. The normalized spacial score (nSPS) is 10.2. The maximum absolute atomic E-state index is 12.9. The summed E-state index contributed by atoms with van der Waals surface area (Å²) in [5.41, 5.74) is 1.60. The van der Waals surface area contributed by atoms with Crippen LogP contribution < -0.4 is 10.1 Å². The Kier molecular flexibility index (Phi) is 3.77. The van der Waals surface area contributed by atoms with Gasteiger partial charge < -0.3 is 10.1 Å². The number of aryl methyl sites for hydroxylation is 1. The van der Waals surface area contributed by atoms with E-state index in [4.69, 9.17) is 4.74 Å². The number of halogens is 1. The first kappa shape index (κ1) is 12.4. The number of benzene rings is 1. The van der Waals surface area contributed by atoms with Gasteiger partial charge in [-0.1, -0.05) is 6.07 Å². The number of rotatable bonds is 4. The number of anilines is 1. The van der Waals surface area contributed by atoms with Gasteiger partial charge >= 0.3 is 0 Å². The number of nitrogens with one attached hydrogen (secondary N) is 1. The quantitative estimate of drug-likeness (QED) is 0.899. The summed E-state index contributed by atoms with van der Waals surface area (Å²) in [6, 6.07) is 10.2. The number of pyridine rings is 1. The van der Waals surface area contributed by atoms with Crippen LogP contribution in [0.1, 0.15) is 11.3 Å². The number of ether oxygens (including phenoxy) is 1. The van der Waals surface area contributed by atoms with Gasteiger partial charge in [0.25, 0.3) is 0 Å². The van der Waals surface area contributed by atoms with E-state index < -0.39 is 0 Å². The Labute approximate surface area is 106 Å². The van der Waals surface area contributed by atoms with Crippen LogP contribution in [-0.4, -0.2) is 12.0 Å². The van der Waals surface area contributed by atoms with E-state index in [9.17, 15) is 4.39 Å². The first-order valence-electron chi connectivity index (χ1n) is 5.71. The molecule has 0 saturated heterocycles. The zero-order chi connectivity index (χ0) is 13.0. The van der Waals surface area contributed by atoms with Crippen LogP contribution in [0.15, 0.2) is 36.4 Å². The van der Waals surface area contributed by atoms with Gasteiger partial charge in [-0.2, -0.15) is 0 Å². The van der Waals surface area contributed by atoms with Gasteiger partial charge in [0.1, 0.15) is 24.0 Å². The third-order valence-corrected chi connectivity index (χ3v) is 2.58. The van der Waals surface area contributed by atoms with Crippen LogP contribution in [-0.2, 0) is 6.61 Å². The van der Waals surface area contributed by atoms with Crippen molar-refractivity contribution >= 4 is 5.82 Å². The van der Waals surface area contributed by atoms with Gasteiger partial charge in [0.05, 0.1) is 5.69 Å². The summed E-state index contributed by atoms with van der Waals surface area (Å²) in [5, 5.41) is 2.97. The van der Waals surface area contributed by atoms with Crippen molar-refractivity contribution in [1.82, 2.24) is 4.98 Å². The van der Waals surface area contributed by atoms with Crippen LogP contribution in [0, 0.1) is 12.7 Å². The standard InChI is InChI=1S/C14H15FN2O/c1-10-8-11(15)6-7-13(10)18-9-12-4-3-5-14(16-2)17-12/h3-8H,9H2,1-2H3,(H,16,17). The average molecular weight is 246 g/mol. The van der Waals surface area contributed by atoms with Crippen LogP contribution in [0.3, 0.4) is 0 Å². The predicted molar refractivity (Wildman–Crippen MR) is 69.3 cm³/mol. The summed E-state index contributed by atoms with van der Waals surface area (Å²) >= 11 is 0. The molecule has 0 bridgehead atoms. The molecule has 0 aliphatic rings. The second kappa shape index (κ2) is 5.49. The van der Waals surface area contributed by atoms with Crippen LogP contribution >= 0.6 is 0 Å². The smallest absolute Gasteiger partial charge is 0.130 e. The summed E-state index contributed by atoms with van der Waals surface area (Å²) in [7, 11) is 1.82. The molecule has 0 saturated carbocycles. The van der Waals surface area contributed by atoms with E-state index in [1.807, 2.05) is 32.2 Å². The molecule has 1 aromatic carbocycles. The van der Waals surface area contributed by atoms with Crippen molar-refractivity contribution in [1.29, 1.82) is 0 Å². The largest absolute Gasteiger partial charge is 0.487 e. The highest BCUT2D eigenvalue weighted by molar-refractivity contribution is 5.35. The minimum absolute atomic E-state index is 0.254. The van der Waals surface area contributed by atoms with Gasteiger partial charge in [-0.3, -0.25) is 0 Å². The second-order valence-electron chi connectivity index (χ2n) is 3.96. The molecule has 0 aliphatic heterocycles. The van der Waals surface area contributed by atoms with Gasteiger partial charge in [0.15, 0.2) is 0 Å². The minimum Gasteiger partial charge on any atom is -0.487 e. The van der Waals surface area contributed by atoms with E-state index in [2.05, 4.69) is 10.3 Å². The van der Waals surface area contributed by atoms with Gasteiger partial charge in [-0.25, -0.2) is 9.37 Å². The van der Waals surface area contributed by atoms with Crippen molar-refractivity contribution in [2.45, 2.75) is 13.5 Å². The van der Waals surface area contributed by atoms with Crippen molar-refractivity contribution in [2.24, 2.45) is 0 Å². The van der Waals surface area contributed by atoms with Crippen LogP contribution in [0.2, 0.25) is 0 Å². The summed E-state index contributed by atoms with van der Waals surface area (Å²) in [5.74, 6) is 1.22. The van der Waals surface area contributed by atoms with E-state index in [-0.39, 0.29) is 5.82 Å². The fourth-order valence-corrected chi connectivity index (χ4v) is 1.63. The number of aromatic nitrogens is 1. The summed E-state index contributed by atoms with van der Waals surface area (Å²) in [6.07, 6.45) is 0. The second-order valence-corrected chi connectivity index (χ2v) is 3.96. The lowest BCUT2D eigenvalue weighted by Crippen LogP contribution is -2.01. The highest BCUT2D eigenvalue weighted by Crippen LogP contribution is 2.19. The monoisotopic (exact) mass is 246 g/mol. The van der Waals surface area contributed by atoms with E-state index in [0.29, 0.717) is 12.4 Å². The van der Waals surface area contributed by atoms with Crippen molar-refractivity contribution < 1.29 is 9.13 Å². The Balaban J connectivity index is 2.06. The van der Waals surface area contributed by atoms with Gasteiger partial charge in [0, 0.05) is 7.05 Å². The first-order chi connectivity index (χ1) is 8.69. The number of nitrogens with zero attached hydrogens (tertiary/aromatic N) is 1. The summed E-state index contributed by atoms with van der Waals surface area (Å²) < 4.78 is 18.6. The Morgan fingerprint density at radius 2 is 2.11 bits per heavy atom. The van der Waals surface area contributed by atoms with E-state index in [1.54, 1.807) is 6.07 Å². The number of hydrogen-bond donors (Lipinski definition) is 1. The number of hydrogen-bond acceptors (Lipinski definition) is 3. The van der Waals surface area contributed by atoms with E-state index in [0.717, 1.165) is 17.1 Å². The molecule has 0 atom stereocenters. The molecule has 0 spiro atoms. The predicted octanol–water partition coefficient (Wildman–Crippen LogP) is 3.15. The molecule has 0 unspecified atom stereocenters. The minimum atomic E-state index is -0.254. The lowest BCUT2D eigenvalue weighted by Gasteiger charge is -2.09. The first-order valence-corrected chi connectivity index (χ1v) is 5.71. The summed E-state index contributed by atoms with van der Waals surface area (Å²) in [6.45, 7) is 2.18. The third kappa shape index (κ3) is 2.97. The summed E-state index contributed by atoms with van der Waals surface area (Å²) in [4.78, 5) is 4.34. The highest BCUT2D eigenvalue weighted by Gasteiger charge is 2.02. The Hall–Kier alpha value is -2.10. The lowest BCUT2D eigenvalue weighted by atomic mass is 10.2.